The molecule has 27 heavy (non-hydrogen) atoms. The Balaban J connectivity index is 2.05. The van der Waals surface area contributed by atoms with Crippen LogP contribution in [0, 0.1) is 11.6 Å². The number of rotatable bonds is 6. The van der Waals surface area contributed by atoms with E-state index in [9.17, 15) is 22.0 Å². The van der Waals surface area contributed by atoms with Crippen LogP contribution >= 0.6 is 0 Å². The highest BCUT2D eigenvalue weighted by atomic mass is 32.2. The van der Waals surface area contributed by atoms with Crippen molar-refractivity contribution in [1.82, 2.24) is 14.9 Å². The molecule has 146 valence electrons. The molecule has 0 fully saturated rings. The molecule has 0 aliphatic heterocycles. The summed E-state index contributed by atoms with van der Waals surface area (Å²) in [5.41, 5.74) is 0.835. The molecule has 0 radical (unpaired) electrons. The maximum Gasteiger partial charge on any atom is 0.315 e. The fourth-order valence-electron chi connectivity index (χ4n) is 2.39. The van der Waals surface area contributed by atoms with Crippen LogP contribution in [0.4, 0.5) is 13.6 Å². The predicted molar refractivity (Wildman–Crippen MR) is 97.5 cm³/mol. The van der Waals surface area contributed by atoms with Crippen molar-refractivity contribution < 1.29 is 22.0 Å². The van der Waals surface area contributed by atoms with Crippen molar-refractivity contribution in [2.75, 3.05) is 14.1 Å². The van der Waals surface area contributed by atoms with E-state index in [1.54, 1.807) is 25.1 Å². The Bertz CT molecular complexity index is 933. The van der Waals surface area contributed by atoms with E-state index in [1.807, 2.05) is 0 Å². The summed E-state index contributed by atoms with van der Waals surface area (Å²) in [5, 5.41) is 5.17. The number of sulfonamides is 1. The van der Waals surface area contributed by atoms with Crippen LogP contribution in [-0.2, 0) is 16.6 Å². The van der Waals surface area contributed by atoms with Crippen molar-refractivity contribution in [3.8, 4) is 0 Å². The number of urea groups is 1. The minimum Gasteiger partial charge on any atom is -0.334 e. The minimum atomic E-state index is -3.65. The van der Waals surface area contributed by atoms with Gasteiger partial charge in [-0.15, -0.1) is 0 Å². The molecule has 2 N–H and O–H groups in total. The number of hydrogen-bond donors (Lipinski definition) is 2. The number of nitrogens with zero attached hydrogens (tertiary/aromatic N) is 1. The third kappa shape index (κ3) is 5.01. The maximum absolute atomic E-state index is 13.3. The fourth-order valence-corrected chi connectivity index (χ4v) is 3.50. The Morgan fingerprint density at radius 2 is 1.78 bits per heavy atom. The molecule has 0 aliphatic rings. The lowest BCUT2D eigenvalue weighted by molar-refractivity contribution is 0.237. The molecule has 0 aliphatic carbocycles. The first-order chi connectivity index (χ1) is 12.6. The minimum absolute atomic E-state index is 0.0143. The lowest BCUT2D eigenvalue weighted by Gasteiger charge is -2.17. The molecule has 2 rings (SSSR count). The van der Waals surface area contributed by atoms with Crippen LogP contribution in [0.5, 0.6) is 0 Å². The van der Waals surface area contributed by atoms with Gasteiger partial charge in [-0.05, 0) is 36.2 Å². The Labute approximate surface area is 157 Å². The topological polar surface area (TPSA) is 78.5 Å². The van der Waals surface area contributed by atoms with Crippen molar-refractivity contribution in [1.29, 1.82) is 0 Å². The van der Waals surface area contributed by atoms with Gasteiger partial charge in [-0.25, -0.2) is 26.3 Å². The average molecular weight is 397 g/mol. The molecule has 0 saturated carbocycles. The largest absolute Gasteiger partial charge is 0.334 e. The van der Waals surface area contributed by atoms with E-state index < -0.39 is 33.7 Å². The predicted octanol–water partition coefficient (Wildman–Crippen LogP) is 2.78. The summed E-state index contributed by atoms with van der Waals surface area (Å²) < 4.78 is 52.1. The summed E-state index contributed by atoms with van der Waals surface area (Å²) in [7, 11) is -0.793. The van der Waals surface area contributed by atoms with Gasteiger partial charge < -0.3 is 10.6 Å². The van der Waals surface area contributed by atoms with Crippen LogP contribution in [0.2, 0.25) is 0 Å². The Hall–Kier alpha value is -2.52. The number of halogens is 2. The molecule has 9 heteroatoms. The van der Waals surface area contributed by atoms with Crippen molar-refractivity contribution in [3.05, 3.63) is 65.2 Å². The Morgan fingerprint density at radius 1 is 1.11 bits per heavy atom. The summed E-state index contributed by atoms with van der Waals surface area (Å²) in [6.07, 6.45) is 0. The molecule has 2 aromatic rings. The molecule has 0 heterocycles. The summed E-state index contributed by atoms with van der Waals surface area (Å²) in [4.78, 5) is 12.2. The fraction of sp³-hybridized carbons (Fsp3) is 0.278. The summed E-state index contributed by atoms with van der Waals surface area (Å²) in [6, 6.07) is 8.59. The molecular formula is C18H21F2N3O3S. The normalized spacial score (nSPS) is 12.7. The van der Waals surface area contributed by atoms with Crippen LogP contribution in [-0.4, -0.2) is 32.8 Å². The van der Waals surface area contributed by atoms with Crippen LogP contribution in [0.25, 0.3) is 0 Å². The number of hydrogen-bond acceptors (Lipinski definition) is 3. The molecule has 0 aromatic heterocycles. The summed E-state index contributed by atoms with van der Waals surface area (Å²) in [5.74, 6) is -1.96. The zero-order valence-electron chi connectivity index (χ0n) is 15.2. The SMILES string of the molecule is C[C@H](NC(=O)NCc1ccccc1S(=O)(=O)N(C)C)c1ccc(F)c(F)c1. The molecule has 2 amide bonds. The smallest absolute Gasteiger partial charge is 0.315 e. The molecule has 0 saturated heterocycles. The van der Waals surface area contributed by atoms with E-state index in [0.717, 1.165) is 16.4 Å². The van der Waals surface area contributed by atoms with Gasteiger partial charge >= 0.3 is 6.03 Å². The monoisotopic (exact) mass is 397 g/mol. The van der Waals surface area contributed by atoms with Gasteiger partial charge in [0.15, 0.2) is 11.6 Å². The van der Waals surface area contributed by atoms with E-state index in [4.69, 9.17) is 0 Å². The first kappa shape index (κ1) is 20.8. The number of nitrogens with one attached hydrogen (secondary N) is 2. The number of amides is 2. The highest BCUT2D eigenvalue weighted by Crippen LogP contribution is 2.19. The lowest BCUT2D eigenvalue weighted by atomic mass is 10.1. The molecule has 0 bridgehead atoms. The third-order valence-electron chi connectivity index (χ3n) is 3.96. The number of benzene rings is 2. The Morgan fingerprint density at radius 3 is 2.41 bits per heavy atom. The van der Waals surface area contributed by atoms with Gasteiger partial charge in [0, 0.05) is 20.6 Å². The van der Waals surface area contributed by atoms with Crippen molar-refractivity contribution >= 4 is 16.1 Å². The van der Waals surface area contributed by atoms with Gasteiger partial charge in [0.25, 0.3) is 0 Å². The maximum atomic E-state index is 13.3. The van der Waals surface area contributed by atoms with Crippen LogP contribution < -0.4 is 10.6 Å². The van der Waals surface area contributed by atoms with Crippen molar-refractivity contribution in [2.24, 2.45) is 0 Å². The Kier molecular flexibility index (Phi) is 6.50. The first-order valence-corrected chi connectivity index (χ1v) is 9.56. The zero-order valence-corrected chi connectivity index (χ0v) is 16.0. The highest BCUT2D eigenvalue weighted by Gasteiger charge is 2.21. The van der Waals surface area contributed by atoms with E-state index >= 15 is 0 Å². The summed E-state index contributed by atoms with van der Waals surface area (Å²) >= 11 is 0. The molecule has 0 spiro atoms. The van der Waals surface area contributed by atoms with Crippen molar-refractivity contribution in [2.45, 2.75) is 24.4 Å². The van der Waals surface area contributed by atoms with Gasteiger partial charge in [-0.3, -0.25) is 0 Å². The molecule has 1 atom stereocenters. The van der Waals surface area contributed by atoms with Gasteiger partial charge in [0.1, 0.15) is 0 Å². The quantitative estimate of drug-likeness (QED) is 0.787. The van der Waals surface area contributed by atoms with E-state index in [1.165, 1.54) is 26.2 Å². The molecule has 6 nitrogen and oxygen atoms in total. The average Bonchev–Trinajstić information content (AvgIpc) is 2.62. The summed E-state index contributed by atoms with van der Waals surface area (Å²) in [6.45, 7) is 1.61. The van der Waals surface area contributed by atoms with E-state index in [-0.39, 0.29) is 11.4 Å². The van der Waals surface area contributed by atoms with Crippen LogP contribution in [0.15, 0.2) is 47.4 Å². The molecule has 2 aromatic carbocycles. The van der Waals surface area contributed by atoms with Crippen LogP contribution in [0.3, 0.4) is 0 Å². The van der Waals surface area contributed by atoms with Gasteiger partial charge in [0.05, 0.1) is 10.9 Å². The number of carbonyl (C=O) groups excluding carboxylic acids is 1. The van der Waals surface area contributed by atoms with Gasteiger partial charge in [0.2, 0.25) is 10.0 Å². The highest BCUT2D eigenvalue weighted by molar-refractivity contribution is 7.89. The zero-order chi connectivity index (χ0) is 20.2. The van der Waals surface area contributed by atoms with Gasteiger partial charge in [-0.1, -0.05) is 24.3 Å². The van der Waals surface area contributed by atoms with E-state index in [0.29, 0.717) is 11.1 Å². The third-order valence-corrected chi connectivity index (χ3v) is 5.88. The van der Waals surface area contributed by atoms with Crippen LogP contribution in [0.1, 0.15) is 24.1 Å². The lowest BCUT2D eigenvalue weighted by Crippen LogP contribution is -2.37. The van der Waals surface area contributed by atoms with Gasteiger partial charge in [-0.2, -0.15) is 0 Å². The second kappa shape index (κ2) is 8.45. The van der Waals surface area contributed by atoms with Crippen molar-refractivity contribution in [3.63, 3.8) is 0 Å². The first-order valence-electron chi connectivity index (χ1n) is 8.12. The second-order valence-electron chi connectivity index (χ2n) is 6.12. The standard InChI is InChI=1S/C18H21F2N3O3S/c1-12(13-8-9-15(19)16(20)10-13)22-18(24)21-11-14-6-4-5-7-17(14)27(25,26)23(2)3/h4-10,12H,11H2,1-3H3,(H2,21,22,24)/t12-/m0/s1. The second-order valence-corrected chi connectivity index (χ2v) is 8.24. The van der Waals surface area contributed by atoms with E-state index in [2.05, 4.69) is 10.6 Å². The molecule has 0 unspecified atom stereocenters. The molecular weight excluding hydrogens is 376 g/mol. The number of carbonyl (C=O) groups is 1.